The molecule has 1 atom stereocenters. The van der Waals surface area contributed by atoms with E-state index < -0.39 is 5.23 Å². The van der Waals surface area contributed by atoms with Gasteiger partial charge in [-0.15, -0.1) is 0 Å². The lowest BCUT2D eigenvalue weighted by molar-refractivity contribution is -0.991. The Kier molecular flexibility index (Phi) is 3.74. The average Bonchev–Trinajstić information content (AvgIpc) is 2.38. The fourth-order valence-corrected chi connectivity index (χ4v) is 1.61. The Bertz CT molecular complexity index is 551. The zero-order valence-electron chi connectivity index (χ0n) is 9.71. The van der Waals surface area contributed by atoms with Crippen molar-refractivity contribution in [3.8, 4) is 0 Å². The fraction of sp³-hybridized carbons (Fsp3) is 0. The van der Waals surface area contributed by atoms with E-state index >= 15 is 0 Å². The van der Waals surface area contributed by atoms with Gasteiger partial charge in [0.25, 0.3) is 0 Å². The molecule has 92 valence electrons. The van der Waals surface area contributed by atoms with Gasteiger partial charge in [-0.1, -0.05) is 42.5 Å². The molecule has 0 heterocycles. The molecule has 0 aromatic heterocycles. The minimum absolute atomic E-state index is 0.198. The topological polar surface area (TPSA) is 73.8 Å². The van der Waals surface area contributed by atoms with Gasteiger partial charge in [0.15, 0.2) is 5.69 Å². The van der Waals surface area contributed by atoms with Crippen molar-refractivity contribution in [3.05, 3.63) is 64.9 Å². The lowest BCUT2D eigenvalue weighted by Gasteiger charge is -2.12. The first-order valence-corrected chi connectivity index (χ1v) is 5.53. The van der Waals surface area contributed by atoms with Crippen molar-refractivity contribution in [1.82, 2.24) is 0 Å². The third kappa shape index (κ3) is 2.95. The Hall–Kier alpha value is -2.14. The van der Waals surface area contributed by atoms with Gasteiger partial charge in [0.1, 0.15) is 0 Å². The quantitative estimate of drug-likeness (QED) is 0.437. The monoisotopic (exact) mass is 242 g/mol. The molecule has 0 aliphatic carbocycles. The number of nitrogen functional groups attached to an aromatic ring is 1. The second-order valence-electron chi connectivity index (χ2n) is 3.89. The van der Waals surface area contributed by atoms with E-state index in [1.807, 2.05) is 42.5 Å². The Morgan fingerprint density at radius 1 is 1.06 bits per heavy atom. The van der Waals surface area contributed by atoms with E-state index in [-0.39, 0.29) is 5.69 Å². The minimum Gasteiger partial charge on any atom is -0.595 e. The van der Waals surface area contributed by atoms with E-state index in [9.17, 15) is 5.21 Å². The maximum atomic E-state index is 10.8. The molecule has 0 fully saturated rings. The predicted octanol–water partition coefficient (Wildman–Crippen LogP) is 1.84. The summed E-state index contributed by atoms with van der Waals surface area (Å²) in [5.74, 6) is 0. The van der Waals surface area contributed by atoms with Crippen LogP contribution in [0.4, 0.5) is 11.4 Å². The molecule has 1 unspecified atom stereocenters. The van der Waals surface area contributed by atoms with E-state index in [0.29, 0.717) is 5.69 Å². The number of rotatable bonds is 3. The van der Waals surface area contributed by atoms with Crippen LogP contribution >= 0.6 is 0 Å². The highest BCUT2D eigenvalue weighted by Crippen LogP contribution is 2.18. The molecule has 2 rings (SSSR count). The van der Waals surface area contributed by atoms with E-state index in [1.165, 1.54) is 6.07 Å². The van der Waals surface area contributed by atoms with Crippen LogP contribution in [0.3, 0.4) is 0 Å². The molecule has 0 bridgehead atoms. The summed E-state index contributed by atoms with van der Waals surface area (Å²) in [4.78, 5) is 0. The van der Waals surface area contributed by atoms with Crippen LogP contribution < -0.4 is 11.0 Å². The molecule has 0 saturated heterocycles. The maximum Gasteiger partial charge on any atom is 0.165 e. The summed E-state index contributed by atoms with van der Waals surface area (Å²) in [7, 11) is 0. The number of anilines is 1. The SMILES string of the molecule is Nc1cc([NH+]([O-])O)ccc1C=Cc1ccccc1. The molecule has 18 heavy (non-hydrogen) atoms. The zero-order valence-corrected chi connectivity index (χ0v) is 9.71. The van der Waals surface area contributed by atoms with Crippen LogP contribution in [0.2, 0.25) is 0 Å². The fourth-order valence-electron chi connectivity index (χ4n) is 1.61. The highest BCUT2D eigenvalue weighted by molar-refractivity contribution is 5.76. The van der Waals surface area contributed by atoms with Gasteiger partial charge in [0, 0.05) is 17.8 Å². The number of hydrogen-bond donors (Lipinski definition) is 3. The van der Waals surface area contributed by atoms with Crippen LogP contribution in [0.15, 0.2) is 48.5 Å². The average molecular weight is 242 g/mol. The largest absolute Gasteiger partial charge is 0.595 e. The van der Waals surface area contributed by atoms with Crippen molar-refractivity contribution in [3.63, 3.8) is 0 Å². The van der Waals surface area contributed by atoms with Crippen LogP contribution in [0.1, 0.15) is 11.1 Å². The van der Waals surface area contributed by atoms with E-state index in [2.05, 4.69) is 0 Å². The van der Waals surface area contributed by atoms with E-state index in [1.54, 1.807) is 12.1 Å². The highest BCUT2D eigenvalue weighted by Gasteiger charge is 2.02. The lowest BCUT2D eigenvalue weighted by atomic mass is 10.1. The summed E-state index contributed by atoms with van der Waals surface area (Å²) >= 11 is 0. The maximum absolute atomic E-state index is 10.8. The number of nitrogens with two attached hydrogens (primary N) is 1. The summed E-state index contributed by atoms with van der Waals surface area (Å²) < 4.78 is 0. The van der Waals surface area contributed by atoms with Crippen LogP contribution in [-0.4, -0.2) is 5.21 Å². The Morgan fingerprint density at radius 3 is 2.39 bits per heavy atom. The summed E-state index contributed by atoms with van der Waals surface area (Å²) in [5, 5.41) is 18.6. The van der Waals surface area contributed by atoms with Gasteiger partial charge < -0.3 is 10.9 Å². The highest BCUT2D eigenvalue weighted by atomic mass is 16.8. The smallest absolute Gasteiger partial charge is 0.165 e. The second kappa shape index (κ2) is 5.46. The molecule has 0 saturated carbocycles. The Labute approximate surface area is 105 Å². The second-order valence-corrected chi connectivity index (χ2v) is 3.89. The molecular weight excluding hydrogens is 228 g/mol. The number of quaternary nitrogens is 1. The first kappa shape index (κ1) is 12.3. The minimum atomic E-state index is -0.972. The lowest BCUT2D eigenvalue weighted by Crippen LogP contribution is -2.99. The molecule has 4 nitrogen and oxygen atoms in total. The molecular formula is C14H14N2O2. The van der Waals surface area contributed by atoms with Gasteiger partial charge in [-0.25, -0.2) is 5.21 Å². The zero-order chi connectivity index (χ0) is 13.0. The van der Waals surface area contributed by atoms with Crippen molar-refractivity contribution in [2.75, 3.05) is 5.73 Å². The van der Waals surface area contributed by atoms with Crippen molar-refractivity contribution < 1.29 is 10.4 Å². The van der Waals surface area contributed by atoms with Crippen molar-refractivity contribution in [2.45, 2.75) is 0 Å². The summed E-state index contributed by atoms with van der Waals surface area (Å²) in [6, 6.07) is 14.5. The van der Waals surface area contributed by atoms with Crippen LogP contribution in [0.5, 0.6) is 0 Å². The summed E-state index contributed by atoms with van der Waals surface area (Å²) in [6.45, 7) is 0. The third-order valence-electron chi connectivity index (χ3n) is 2.59. The molecule has 0 aliphatic rings. The van der Waals surface area contributed by atoms with Gasteiger partial charge in [0.2, 0.25) is 0 Å². The van der Waals surface area contributed by atoms with Gasteiger partial charge in [0.05, 0.1) is 0 Å². The predicted molar refractivity (Wildman–Crippen MR) is 72.0 cm³/mol. The Morgan fingerprint density at radius 2 is 1.78 bits per heavy atom. The molecule has 0 spiro atoms. The van der Waals surface area contributed by atoms with Crippen LogP contribution in [0, 0.1) is 5.21 Å². The van der Waals surface area contributed by atoms with E-state index in [4.69, 9.17) is 10.9 Å². The van der Waals surface area contributed by atoms with Gasteiger partial charge in [-0.3, -0.25) is 0 Å². The van der Waals surface area contributed by atoms with Gasteiger partial charge in [-0.2, -0.15) is 5.23 Å². The Balaban J connectivity index is 2.22. The number of hydrogen-bond acceptors (Lipinski definition) is 3. The third-order valence-corrected chi connectivity index (χ3v) is 2.59. The molecule has 4 heteroatoms. The van der Waals surface area contributed by atoms with Gasteiger partial charge >= 0.3 is 0 Å². The molecule has 2 aromatic carbocycles. The molecule has 0 radical (unpaired) electrons. The molecule has 0 amide bonds. The van der Waals surface area contributed by atoms with Gasteiger partial charge in [-0.05, 0) is 17.2 Å². The first-order chi connectivity index (χ1) is 8.66. The summed E-state index contributed by atoms with van der Waals surface area (Å²) in [5.41, 5.74) is 8.35. The standard InChI is InChI=1S/C14H14N2O2/c15-14-10-13(16(17)18)9-8-12(14)7-6-11-4-2-1-3-5-11/h1-10,16-17H,15H2. The van der Waals surface area contributed by atoms with Crippen LogP contribution in [0.25, 0.3) is 12.2 Å². The normalized spacial score (nSPS) is 12.8. The first-order valence-electron chi connectivity index (χ1n) is 5.53. The molecule has 2 aromatic rings. The molecule has 0 aliphatic heterocycles. The van der Waals surface area contributed by atoms with E-state index in [0.717, 1.165) is 11.1 Å². The summed E-state index contributed by atoms with van der Waals surface area (Å²) in [6.07, 6.45) is 3.81. The van der Waals surface area contributed by atoms with Crippen molar-refractivity contribution in [1.29, 1.82) is 0 Å². The number of nitrogens with one attached hydrogen (secondary N) is 1. The van der Waals surface area contributed by atoms with Crippen molar-refractivity contribution in [2.24, 2.45) is 0 Å². The van der Waals surface area contributed by atoms with Crippen molar-refractivity contribution >= 4 is 23.5 Å². The number of benzene rings is 2. The van der Waals surface area contributed by atoms with Crippen LogP contribution in [-0.2, 0) is 0 Å². The molecule has 4 N–H and O–H groups in total.